The summed E-state index contributed by atoms with van der Waals surface area (Å²) in [5.41, 5.74) is 0. The van der Waals surface area contributed by atoms with E-state index in [0.717, 1.165) is 135 Å². The second-order valence-corrected chi connectivity index (χ2v) is 21.3. The van der Waals surface area contributed by atoms with Gasteiger partial charge >= 0.3 is 3.41 Å². The van der Waals surface area contributed by atoms with E-state index < -0.39 is 39.9 Å². The number of unbranched alkanes of at least 4 members (excludes halogenated alkanes) is 26. The minimum Gasteiger partial charge on any atom is -0.213 e. The second-order valence-electron chi connectivity index (χ2n) is 14.5. The predicted molar refractivity (Wildman–Crippen MR) is 219 cm³/mol. The lowest BCUT2D eigenvalue weighted by molar-refractivity contribution is 0.506. The molecule has 0 saturated carbocycles. The van der Waals surface area contributed by atoms with Gasteiger partial charge in [-0.3, -0.25) is 0 Å². The first-order valence-electron chi connectivity index (χ1n) is 21.1. The molecule has 0 aromatic rings. The van der Waals surface area contributed by atoms with Gasteiger partial charge in [-0.2, -0.15) is 15.8 Å². The fourth-order valence-electron chi connectivity index (χ4n) is 6.55. The number of hydrogen-bond acceptors (Lipinski definition) is 9. The number of nitrogens with one attached hydrogen (secondary N) is 3. The van der Waals surface area contributed by atoms with Gasteiger partial charge in [-0.15, -0.1) is 0 Å². The molecule has 0 unspecified atom stereocenters. The van der Waals surface area contributed by atoms with Crippen LogP contribution in [0.2, 0.25) is 0 Å². The lowest BCUT2D eigenvalue weighted by Gasteiger charge is -2.32. The summed E-state index contributed by atoms with van der Waals surface area (Å²) in [5.74, 6) is 0. The van der Waals surface area contributed by atoms with Gasteiger partial charge in [-0.1, -0.05) is 135 Å². The first-order valence-corrected chi connectivity index (χ1v) is 25.5. The van der Waals surface area contributed by atoms with Gasteiger partial charge in [-0.05, 0) is 44.9 Å². The Bertz CT molecular complexity index is 1230. The SMILES string of the molecule is CCCCCC(S(=O)(=O)NCCCCCCCCCCC#N)(S(=O)(=O)NCCCCCCCCCCC#N)S(=O)(=O)NCCCCCCCCCCC#N. The molecule has 0 radical (unpaired) electrons. The van der Waals surface area contributed by atoms with Crippen molar-refractivity contribution in [1.82, 2.24) is 14.2 Å². The average Bonchev–Trinajstić information content (AvgIpc) is 3.13. The molecule has 12 nitrogen and oxygen atoms in total. The van der Waals surface area contributed by atoms with E-state index in [0.29, 0.717) is 51.4 Å². The Hall–Kier alpha value is -1.80. The Morgan fingerprint density at radius 2 is 0.611 bits per heavy atom. The molecule has 0 aromatic carbocycles. The zero-order valence-corrected chi connectivity index (χ0v) is 36.0. The van der Waals surface area contributed by atoms with Gasteiger partial charge in [0.25, 0.3) is 0 Å². The van der Waals surface area contributed by atoms with Crippen molar-refractivity contribution < 1.29 is 25.3 Å². The molecule has 0 aliphatic carbocycles. The van der Waals surface area contributed by atoms with E-state index >= 15 is 0 Å². The summed E-state index contributed by atoms with van der Waals surface area (Å²) in [6.45, 7) is 1.72. The zero-order chi connectivity index (χ0) is 40.3. The average molecular weight is 819 g/mol. The Labute approximate surface area is 331 Å². The maximum absolute atomic E-state index is 14.2. The van der Waals surface area contributed by atoms with Crippen molar-refractivity contribution >= 4 is 30.1 Å². The van der Waals surface area contributed by atoms with Crippen LogP contribution in [0.3, 0.4) is 0 Å². The molecule has 0 fully saturated rings. The molecular weight excluding hydrogens is 745 g/mol. The lowest BCUT2D eigenvalue weighted by Crippen LogP contribution is -2.63. The van der Waals surface area contributed by atoms with Gasteiger partial charge in [0.2, 0.25) is 30.1 Å². The lowest BCUT2D eigenvalue weighted by atomic mass is 10.1. The molecule has 3 N–H and O–H groups in total. The van der Waals surface area contributed by atoms with Crippen LogP contribution in [0.1, 0.15) is 206 Å². The Morgan fingerprint density at radius 1 is 0.370 bits per heavy atom. The first kappa shape index (κ1) is 52.2. The molecule has 0 aliphatic heterocycles. The molecular formula is C39H74N6O6S3. The highest BCUT2D eigenvalue weighted by atomic mass is 32.3. The molecule has 0 rings (SSSR count). The van der Waals surface area contributed by atoms with Crippen molar-refractivity contribution in [1.29, 1.82) is 15.8 Å². The van der Waals surface area contributed by atoms with E-state index in [9.17, 15) is 25.3 Å². The third kappa shape index (κ3) is 22.7. The molecule has 15 heteroatoms. The maximum Gasteiger partial charge on any atom is 0.313 e. The van der Waals surface area contributed by atoms with E-state index in [1.807, 2.05) is 6.92 Å². The summed E-state index contributed by atoms with van der Waals surface area (Å²) < 4.78 is 89.3. The summed E-state index contributed by atoms with van der Waals surface area (Å²) in [7, 11) is -14.8. The molecule has 0 spiro atoms. The van der Waals surface area contributed by atoms with Crippen LogP contribution in [-0.2, 0) is 30.1 Å². The van der Waals surface area contributed by atoms with Crippen molar-refractivity contribution in [2.75, 3.05) is 19.6 Å². The number of sulfonamides is 3. The zero-order valence-electron chi connectivity index (χ0n) is 33.6. The second kappa shape index (κ2) is 33.4. The van der Waals surface area contributed by atoms with Crippen molar-refractivity contribution in [3.8, 4) is 18.2 Å². The van der Waals surface area contributed by atoms with Crippen molar-refractivity contribution in [2.24, 2.45) is 0 Å². The summed E-state index contributed by atoms with van der Waals surface area (Å²) in [6, 6.07) is 6.45. The molecule has 314 valence electrons. The molecule has 54 heavy (non-hydrogen) atoms. The number of nitriles is 3. The molecule has 0 aliphatic rings. The molecule has 0 aromatic heterocycles. The van der Waals surface area contributed by atoms with Crippen LogP contribution in [0.15, 0.2) is 0 Å². The Balaban J connectivity index is 5.66. The van der Waals surface area contributed by atoms with Crippen LogP contribution in [0.25, 0.3) is 0 Å². The van der Waals surface area contributed by atoms with Crippen LogP contribution >= 0.6 is 0 Å². The van der Waals surface area contributed by atoms with Crippen LogP contribution in [0.4, 0.5) is 0 Å². The highest BCUT2D eigenvalue weighted by Crippen LogP contribution is 2.36. The summed E-state index contributed by atoms with van der Waals surface area (Å²) >= 11 is 0. The molecule has 0 atom stereocenters. The third-order valence-electron chi connectivity index (χ3n) is 9.84. The number of hydrogen-bond donors (Lipinski definition) is 3. The Kier molecular flexibility index (Phi) is 32.2. The molecule has 0 heterocycles. The Morgan fingerprint density at radius 3 is 0.852 bits per heavy atom. The minimum absolute atomic E-state index is 0.0574. The van der Waals surface area contributed by atoms with E-state index in [-0.39, 0.29) is 26.1 Å². The first-order chi connectivity index (χ1) is 26.0. The van der Waals surface area contributed by atoms with Crippen LogP contribution in [0.5, 0.6) is 0 Å². The minimum atomic E-state index is -4.94. The fraction of sp³-hybridized carbons (Fsp3) is 0.923. The van der Waals surface area contributed by atoms with Gasteiger partial charge < -0.3 is 0 Å². The highest BCUT2D eigenvalue weighted by Gasteiger charge is 2.64. The predicted octanol–water partition coefficient (Wildman–Crippen LogP) is 9.08. The standard InChI is InChI=1S/C39H74N6O6S3/c1-2-3-25-32-39(52(46,47)43-36-29-22-16-10-4-7-13-19-26-33-40,53(48,49)44-37-30-23-17-11-5-8-14-20-27-34-41)54(50,51)45-38-31-24-18-12-6-9-15-21-28-35-42/h43-45H,2-32,36-38H2,1H3. The topological polar surface area (TPSA) is 210 Å². The fourth-order valence-corrected chi connectivity index (χ4v) is 14.2. The smallest absolute Gasteiger partial charge is 0.213 e. The van der Waals surface area contributed by atoms with Gasteiger partial charge in [0.1, 0.15) is 0 Å². The summed E-state index contributed by atoms with van der Waals surface area (Å²) in [5, 5.41) is 26.0. The van der Waals surface area contributed by atoms with Crippen LogP contribution in [0, 0.1) is 34.0 Å². The van der Waals surface area contributed by atoms with Gasteiger partial charge in [0.15, 0.2) is 0 Å². The van der Waals surface area contributed by atoms with Crippen molar-refractivity contribution in [2.45, 2.75) is 209 Å². The van der Waals surface area contributed by atoms with E-state index in [1.54, 1.807) is 0 Å². The maximum atomic E-state index is 14.2. The van der Waals surface area contributed by atoms with E-state index in [4.69, 9.17) is 15.8 Å². The van der Waals surface area contributed by atoms with Crippen LogP contribution in [-0.4, -0.2) is 48.3 Å². The van der Waals surface area contributed by atoms with Gasteiger partial charge in [-0.25, -0.2) is 39.4 Å². The quantitative estimate of drug-likeness (QED) is 0.0503. The normalized spacial score (nSPS) is 12.3. The van der Waals surface area contributed by atoms with E-state index in [1.165, 1.54) is 0 Å². The van der Waals surface area contributed by atoms with Crippen molar-refractivity contribution in [3.05, 3.63) is 0 Å². The molecule has 0 saturated heterocycles. The third-order valence-corrected chi connectivity index (χ3v) is 18.6. The summed E-state index contributed by atoms with van der Waals surface area (Å²) in [6.07, 6.45) is 23.3. The number of rotatable bonds is 40. The van der Waals surface area contributed by atoms with Gasteiger partial charge in [0.05, 0.1) is 18.2 Å². The highest BCUT2D eigenvalue weighted by molar-refractivity contribution is 8.24. The largest absolute Gasteiger partial charge is 0.313 e. The van der Waals surface area contributed by atoms with Gasteiger partial charge in [0, 0.05) is 45.3 Å². The van der Waals surface area contributed by atoms with E-state index in [2.05, 4.69) is 32.4 Å². The number of nitrogens with zero attached hydrogens (tertiary/aromatic N) is 3. The van der Waals surface area contributed by atoms with Crippen molar-refractivity contribution in [3.63, 3.8) is 0 Å². The molecule has 0 bridgehead atoms. The monoisotopic (exact) mass is 818 g/mol. The molecule has 0 amide bonds. The van der Waals surface area contributed by atoms with Crippen LogP contribution < -0.4 is 14.2 Å². The summed E-state index contributed by atoms with van der Waals surface area (Å²) in [4.78, 5) is 0.